The SMILES string of the molecule is Cc1nc(N2CC(C(=O)NC(C)C)C2)c2c3c(sc2n1)CCCC3. The predicted molar refractivity (Wildman–Crippen MR) is 97.8 cm³/mol. The first-order valence-corrected chi connectivity index (χ1v) is 9.69. The zero-order chi connectivity index (χ0) is 16.8. The second kappa shape index (κ2) is 5.99. The van der Waals surface area contributed by atoms with Crippen molar-refractivity contribution in [1.82, 2.24) is 15.3 Å². The summed E-state index contributed by atoms with van der Waals surface area (Å²) >= 11 is 1.84. The van der Waals surface area contributed by atoms with Gasteiger partial charge in [0, 0.05) is 24.0 Å². The molecule has 5 nitrogen and oxygen atoms in total. The Morgan fingerprint density at radius 2 is 2.00 bits per heavy atom. The molecule has 1 saturated heterocycles. The van der Waals surface area contributed by atoms with Crippen LogP contribution in [0.15, 0.2) is 0 Å². The number of carbonyl (C=O) groups excluding carboxylic acids is 1. The molecule has 6 heteroatoms. The Bertz CT molecular complexity index is 792. The van der Waals surface area contributed by atoms with Gasteiger partial charge in [-0.2, -0.15) is 0 Å². The summed E-state index contributed by atoms with van der Waals surface area (Å²) in [7, 11) is 0. The number of nitrogens with one attached hydrogen (secondary N) is 1. The Balaban J connectivity index is 1.63. The highest BCUT2D eigenvalue weighted by molar-refractivity contribution is 7.19. The third-order valence-electron chi connectivity index (χ3n) is 4.89. The molecule has 1 amide bonds. The van der Waals surface area contributed by atoms with Gasteiger partial charge in [-0.05, 0) is 52.0 Å². The monoisotopic (exact) mass is 344 g/mol. The van der Waals surface area contributed by atoms with E-state index in [-0.39, 0.29) is 17.9 Å². The van der Waals surface area contributed by atoms with Crippen LogP contribution in [0.5, 0.6) is 0 Å². The lowest BCUT2D eigenvalue weighted by Crippen LogP contribution is -2.55. The molecular formula is C18H24N4OS. The number of aryl methyl sites for hydroxylation is 3. The smallest absolute Gasteiger partial charge is 0.226 e. The van der Waals surface area contributed by atoms with E-state index >= 15 is 0 Å². The molecule has 0 atom stereocenters. The van der Waals surface area contributed by atoms with Crippen molar-refractivity contribution in [3.05, 3.63) is 16.3 Å². The van der Waals surface area contributed by atoms with E-state index in [1.54, 1.807) is 0 Å². The second-order valence-electron chi connectivity index (χ2n) is 7.25. The van der Waals surface area contributed by atoms with E-state index in [4.69, 9.17) is 4.98 Å². The fourth-order valence-corrected chi connectivity index (χ4v) is 4.99. The Labute approximate surface area is 146 Å². The summed E-state index contributed by atoms with van der Waals surface area (Å²) in [6, 6.07) is 0.198. The third-order valence-corrected chi connectivity index (χ3v) is 6.08. The molecule has 2 aromatic heterocycles. The van der Waals surface area contributed by atoms with Crippen LogP contribution in [0.25, 0.3) is 10.2 Å². The van der Waals surface area contributed by atoms with Gasteiger partial charge in [0.1, 0.15) is 16.5 Å². The number of rotatable bonds is 3. The molecule has 0 saturated carbocycles. The maximum atomic E-state index is 12.2. The molecule has 2 aliphatic rings. The van der Waals surface area contributed by atoms with E-state index in [1.807, 2.05) is 32.1 Å². The molecule has 1 aliphatic carbocycles. The summed E-state index contributed by atoms with van der Waals surface area (Å²) in [6.07, 6.45) is 4.85. The van der Waals surface area contributed by atoms with Gasteiger partial charge in [-0.3, -0.25) is 4.79 Å². The number of amides is 1. The number of thiophene rings is 1. The topological polar surface area (TPSA) is 58.1 Å². The van der Waals surface area contributed by atoms with E-state index < -0.39 is 0 Å². The van der Waals surface area contributed by atoms with Crippen molar-refractivity contribution in [1.29, 1.82) is 0 Å². The van der Waals surface area contributed by atoms with Crippen LogP contribution < -0.4 is 10.2 Å². The van der Waals surface area contributed by atoms with Crippen molar-refractivity contribution in [3.8, 4) is 0 Å². The molecule has 1 fully saturated rings. The summed E-state index contributed by atoms with van der Waals surface area (Å²) < 4.78 is 0. The van der Waals surface area contributed by atoms with Gasteiger partial charge < -0.3 is 10.2 Å². The molecule has 0 aromatic carbocycles. The first-order valence-electron chi connectivity index (χ1n) is 8.87. The lowest BCUT2D eigenvalue weighted by Gasteiger charge is -2.40. The molecule has 0 radical (unpaired) electrons. The summed E-state index contributed by atoms with van der Waals surface area (Å²) in [5, 5.41) is 4.27. The third kappa shape index (κ3) is 2.66. The highest BCUT2D eigenvalue weighted by atomic mass is 32.1. The predicted octanol–water partition coefficient (Wildman–Crippen LogP) is 2.84. The number of hydrogen-bond acceptors (Lipinski definition) is 5. The van der Waals surface area contributed by atoms with Crippen LogP contribution in [0.1, 0.15) is 43.0 Å². The van der Waals surface area contributed by atoms with Crippen molar-refractivity contribution in [2.24, 2.45) is 5.92 Å². The first-order chi connectivity index (χ1) is 11.5. The minimum Gasteiger partial charge on any atom is -0.354 e. The van der Waals surface area contributed by atoms with Crippen molar-refractivity contribution in [3.63, 3.8) is 0 Å². The van der Waals surface area contributed by atoms with Crippen molar-refractivity contribution >= 4 is 33.3 Å². The quantitative estimate of drug-likeness (QED) is 0.930. The molecule has 3 heterocycles. The number of fused-ring (bicyclic) bond motifs is 3. The Morgan fingerprint density at radius 3 is 2.75 bits per heavy atom. The summed E-state index contributed by atoms with van der Waals surface area (Å²) in [4.78, 5) is 26.5. The summed E-state index contributed by atoms with van der Waals surface area (Å²) in [6.45, 7) is 7.49. The van der Waals surface area contributed by atoms with Crippen LogP contribution in [-0.4, -0.2) is 35.0 Å². The van der Waals surface area contributed by atoms with Gasteiger partial charge in [-0.1, -0.05) is 0 Å². The molecule has 1 N–H and O–H groups in total. The van der Waals surface area contributed by atoms with Crippen LogP contribution in [-0.2, 0) is 17.6 Å². The average molecular weight is 344 g/mol. The summed E-state index contributed by atoms with van der Waals surface area (Å²) in [5.41, 5.74) is 1.46. The normalized spacial score (nSPS) is 17.9. The second-order valence-corrected chi connectivity index (χ2v) is 8.33. The molecule has 0 bridgehead atoms. The number of carbonyl (C=O) groups is 1. The molecule has 1 aliphatic heterocycles. The molecule has 4 rings (SSSR count). The summed E-state index contributed by atoms with van der Waals surface area (Å²) in [5.74, 6) is 2.11. The van der Waals surface area contributed by atoms with E-state index in [1.165, 1.54) is 35.1 Å². The fourth-order valence-electron chi connectivity index (χ4n) is 3.69. The van der Waals surface area contributed by atoms with Crippen LogP contribution in [0.2, 0.25) is 0 Å². The fraction of sp³-hybridized carbons (Fsp3) is 0.611. The van der Waals surface area contributed by atoms with Gasteiger partial charge in [-0.15, -0.1) is 11.3 Å². The zero-order valence-electron chi connectivity index (χ0n) is 14.6. The molecule has 0 spiro atoms. The first kappa shape index (κ1) is 15.8. The van der Waals surface area contributed by atoms with Crippen LogP contribution in [0.4, 0.5) is 5.82 Å². The maximum Gasteiger partial charge on any atom is 0.226 e. The largest absolute Gasteiger partial charge is 0.354 e. The van der Waals surface area contributed by atoms with Crippen LogP contribution in [0.3, 0.4) is 0 Å². The van der Waals surface area contributed by atoms with Gasteiger partial charge in [-0.25, -0.2) is 9.97 Å². The van der Waals surface area contributed by atoms with E-state index in [2.05, 4.69) is 15.2 Å². The minimum absolute atomic E-state index is 0.0761. The van der Waals surface area contributed by atoms with Crippen molar-refractivity contribution in [2.75, 3.05) is 18.0 Å². The van der Waals surface area contributed by atoms with Crippen LogP contribution in [0, 0.1) is 12.8 Å². The molecule has 0 unspecified atom stereocenters. The van der Waals surface area contributed by atoms with Crippen molar-refractivity contribution < 1.29 is 4.79 Å². The molecule has 128 valence electrons. The van der Waals surface area contributed by atoms with E-state index in [9.17, 15) is 4.79 Å². The average Bonchev–Trinajstić information content (AvgIpc) is 2.82. The lowest BCUT2D eigenvalue weighted by molar-refractivity contribution is -0.126. The standard InChI is InChI=1S/C18H24N4OS/c1-10(2)19-17(23)12-8-22(9-12)16-15-13-6-4-5-7-14(13)24-18(15)21-11(3)20-16/h10,12H,4-9H2,1-3H3,(H,19,23). The van der Waals surface area contributed by atoms with Crippen molar-refractivity contribution in [2.45, 2.75) is 52.5 Å². The Hall–Kier alpha value is -1.69. The molecule has 2 aromatic rings. The number of nitrogens with zero attached hydrogens (tertiary/aromatic N) is 3. The highest BCUT2D eigenvalue weighted by Gasteiger charge is 2.35. The van der Waals surface area contributed by atoms with Gasteiger partial charge in [0.2, 0.25) is 5.91 Å². The zero-order valence-corrected chi connectivity index (χ0v) is 15.4. The Kier molecular flexibility index (Phi) is 3.95. The number of anilines is 1. The minimum atomic E-state index is 0.0761. The Morgan fingerprint density at radius 1 is 1.25 bits per heavy atom. The number of hydrogen-bond donors (Lipinski definition) is 1. The highest BCUT2D eigenvalue weighted by Crippen LogP contribution is 2.41. The van der Waals surface area contributed by atoms with Gasteiger partial charge in [0.15, 0.2) is 0 Å². The van der Waals surface area contributed by atoms with Gasteiger partial charge in [0.25, 0.3) is 0 Å². The van der Waals surface area contributed by atoms with Gasteiger partial charge >= 0.3 is 0 Å². The van der Waals surface area contributed by atoms with Crippen LogP contribution >= 0.6 is 11.3 Å². The number of aromatic nitrogens is 2. The van der Waals surface area contributed by atoms with E-state index in [0.29, 0.717) is 0 Å². The lowest BCUT2D eigenvalue weighted by atomic mass is 9.95. The molecular weight excluding hydrogens is 320 g/mol. The van der Waals surface area contributed by atoms with Gasteiger partial charge in [0.05, 0.1) is 11.3 Å². The van der Waals surface area contributed by atoms with E-state index in [0.717, 1.165) is 36.0 Å². The molecule has 24 heavy (non-hydrogen) atoms. The maximum absolute atomic E-state index is 12.2.